The number of carbonyl (C=O) groups excluding carboxylic acids is 3. The van der Waals surface area contributed by atoms with Crippen LogP contribution in [0.5, 0.6) is 0 Å². The van der Waals surface area contributed by atoms with Gasteiger partial charge in [-0.05, 0) is 56.7 Å². The molecular weight excluding hydrogens is 674 g/mol. The van der Waals surface area contributed by atoms with Crippen molar-refractivity contribution < 1.29 is 19.1 Å². The maximum absolute atomic E-state index is 14.0. The Hall–Kier alpha value is -4.83. The molecule has 3 aliphatic heterocycles. The number of hydrogen-bond donors (Lipinski definition) is 1. The van der Waals surface area contributed by atoms with Gasteiger partial charge in [-0.2, -0.15) is 0 Å². The molecule has 2 unspecified atom stereocenters. The third kappa shape index (κ3) is 5.99. The molecule has 2 fully saturated rings. The fourth-order valence-corrected chi connectivity index (χ4v) is 8.53. The van der Waals surface area contributed by atoms with Crippen LogP contribution in [0, 0.1) is 44.4 Å². The summed E-state index contributed by atoms with van der Waals surface area (Å²) < 4.78 is 6.93. The number of aryl methyl sites for hydroxylation is 2. The highest BCUT2D eigenvalue weighted by molar-refractivity contribution is 7.15. The minimum absolute atomic E-state index is 0.00615. The van der Waals surface area contributed by atoms with Crippen molar-refractivity contribution in [2.24, 2.45) is 22.6 Å². The molecule has 11 nitrogen and oxygen atoms in total. The van der Waals surface area contributed by atoms with E-state index in [-0.39, 0.29) is 42.2 Å². The molecule has 50 heavy (non-hydrogen) atoms. The second-order valence-corrected chi connectivity index (χ2v) is 14.5. The molecule has 0 bridgehead atoms. The Morgan fingerprint density at radius 1 is 1.00 bits per heavy atom. The van der Waals surface area contributed by atoms with Gasteiger partial charge in [0.2, 0.25) is 5.91 Å². The second-order valence-electron chi connectivity index (χ2n) is 12.9. The molecule has 0 aliphatic carbocycles. The average molecular weight is 710 g/mol. The molecule has 0 saturated carbocycles. The Bertz CT molecular complexity index is 2110. The number of amides is 2. The number of hydrogen-bond acceptors (Lipinski definition) is 9. The summed E-state index contributed by atoms with van der Waals surface area (Å²) in [7, 11) is 1.30. The van der Waals surface area contributed by atoms with Crippen molar-refractivity contribution in [2.75, 3.05) is 39.8 Å². The third-order valence-corrected chi connectivity index (χ3v) is 11.3. The van der Waals surface area contributed by atoms with E-state index in [1.165, 1.54) is 12.0 Å². The normalized spacial score (nSPS) is 19.2. The van der Waals surface area contributed by atoms with E-state index in [1.807, 2.05) is 41.0 Å². The first-order valence-corrected chi connectivity index (χ1v) is 17.6. The van der Waals surface area contributed by atoms with Crippen LogP contribution in [-0.2, 0) is 9.53 Å². The lowest BCUT2D eigenvalue weighted by atomic mass is 9.99. The number of halogens is 1. The highest BCUT2D eigenvalue weighted by Crippen LogP contribution is 2.40. The summed E-state index contributed by atoms with van der Waals surface area (Å²) in [5.41, 5.74) is 10.6. The molecule has 2 aromatic heterocycles. The van der Waals surface area contributed by atoms with Crippen LogP contribution in [0.2, 0.25) is 5.02 Å². The minimum atomic E-state index is -0.545. The molecule has 5 heterocycles. The maximum atomic E-state index is 14.0. The van der Waals surface area contributed by atoms with Crippen LogP contribution in [0.25, 0.3) is 5.00 Å². The number of rotatable bonds is 5. The number of likely N-dealkylation sites (tertiary alicyclic amines) is 2. The average Bonchev–Trinajstić information content (AvgIpc) is 3.86. The molecule has 2 saturated heterocycles. The number of nitrogens with zero attached hydrogens (tertiary/aromatic N) is 6. The molecule has 2 N–H and O–H groups in total. The van der Waals surface area contributed by atoms with Crippen LogP contribution in [-0.4, -0.2) is 87.9 Å². The van der Waals surface area contributed by atoms with Crippen molar-refractivity contribution in [3.63, 3.8) is 0 Å². The number of esters is 1. The van der Waals surface area contributed by atoms with Gasteiger partial charge < -0.3 is 20.3 Å². The Labute approximate surface area is 299 Å². The first-order valence-electron chi connectivity index (χ1n) is 16.4. The smallest absolute Gasteiger partial charge is 0.339 e. The molecule has 4 aromatic rings. The van der Waals surface area contributed by atoms with Crippen LogP contribution in [0.3, 0.4) is 0 Å². The molecule has 0 radical (unpaired) electrons. The highest BCUT2D eigenvalue weighted by atomic mass is 35.5. The van der Waals surface area contributed by atoms with Crippen molar-refractivity contribution in [1.29, 1.82) is 0 Å². The zero-order valence-electron chi connectivity index (χ0n) is 28.2. The Balaban J connectivity index is 1.10. The molecule has 2 aromatic carbocycles. The SMILES string of the molecule is COC(=O)c1ccc(C(=O)N2CC3CN(C(=O)C[C@@H]4N=C(c5ccc(Cl)cc5)c5c(sc(C)c5C)-n5c(C)nnc54)CC3C2)cc1C#CCN. The predicted octanol–water partition coefficient (Wildman–Crippen LogP) is 4.52. The summed E-state index contributed by atoms with van der Waals surface area (Å²) in [5, 5.41) is 10.6. The Kier molecular flexibility index (Phi) is 9.07. The van der Waals surface area contributed by atoms with Crippen LogP contribution in [0.15, 0.2) is 47.5 Å². The van der Waals surface area contributed by atoms with E-state index in [0.717, 1.165) is 33.2 Å². The van der Waals surface area contributed by atoms with Crippen LogP contribution < -0.4 is 5.73 Å². The lowest BCUT2D eigenvalue weighted by Gasteiger charge is -2.23. The van der Waals surface area contributed by atoms with E-state index in [9.17, 15) is 14.4 Å². The van der Waals surface area contributed by atoms with Crippen molar-refractivity contribution in [2.45, 2.75) is 33.2 Å². The molecule has 7 rings (SSSR count). The molecule has 3 aliphatic rings. The number of aliphatic imine (C=N–C) groups is 1. The highest BCUT2D eigenvalue weighted by Gasteiger charge is 2.44. The number of ether oxygens (including phenoxy) is 1. The Morgan fingerprint density at radius 3 is 2.38 bits per heavy atom. The monoisotopic (exact) mass is 709 g/mol. The van der Waals surface area contributed by atoms with Gasteiger partial charge in [0.05, 0.1) is 31.4 Å². The first kappa shape index (κ1) is 33.7. The van der Waals surface area contributed by atoms with Crippen LogP contribution in [0.1, 0.15) is 72.0 Å². The van der Waals surface area contributed by atoms with Gasteiger partial charge in [-0.25, -0.2) is 4.79 Å². The number of thiophene rings is 1. The van der Waals surface area contributed by atoms with Crippen molar-refractivity contribution in [1.82, 2.24) is 24.6 Å². The standard InChI is InChI=1S/C37H36ClN7O4S/c1-20-21(2)50-36-32(20)33(23-7-10-28(38)11-8-23)40-30(34-42-41-22(3)45(34)36)15-31(46)43-16-26-18-44(19-27(26)17-43)35(47)25-9-12-29(37(48)49-4)24(14-25)6-5-13-39/h7-12,14,26-27,30H,13,15-19,39H2,1-4H3/t26?,27?,30-/m0/s1. The molecule has 2 amide bonds. The van der Waals surface area contributed by atoms with E-state index in [4.69, 9.17) is 27.1 Å². The van der Waals surface area contributed by atoms with Gasteiger partial charge in [0.1, 0.15) is 16.9 Å². The lowest BCUT2D eigenvalue weighted by molar-refractivity contribution is -0.130. The van der Waals surface area contributed by atoms with E-state index < -0.39 is 12.0 Å². The van der Waals surface area contributed by atoms with Gasteiger partial charge in [-0.3, -0.25) is 19.1 Å². The molecule has 13 heteroatoms. The van der Waals surface area contributed by atoms with Crippen molar-refractivity contribution >= 4 is 46.4 Å². The fraction of sp³-hybridized carbons (Fsp3) is 0.351. The third-order valence-electron chi connectivity index (χ3n) is 9.85. The minimum Gasteiger partial charge on any atom is -0.465 e. The fourth-order valence-electron chi connectivity index (χ4n) is 7.19. The maximum Gasteiger partial charge on any atom is 0.339 e. The van der Waals surface area contributed by atoms with Gasteiger partial charge in [0.15, 0.2) is 5.82 Å². The second kappa shape index (κ2) is 13.5. The van der Waals surface area contributed by atoms with Gasteiger partial charge in [0, 0.05) is 70.2 Å². The van der Waals surface area contributed by atoms with Crippen molar-refractivity contribution in [3.05, 3.63) is 97.4 Å². The molecule has 3 atom stereocenters. The Morgan fingerprint density at radius 2 is 1.70 bits per heavy atom. The topological polar surface area (TPSA) is 136 Å². The summed E-state index contributed by atoms with van der Waals surface area (Å²) in [6.45, 7) is 8.42. The van der Waals surface area contributed by atoms with Gasteiger partial charge in [-0.15, -0.1) is 21.5 Å². The van der Waals surface area contributed by atoms with Crippen molar-refractivity contribution in [3.8, 4) is 16.8 Å². The number of benzene rings is 2. The van der Waals surface area contributed by atoms with E-state index in [2.05, 4.69) is 40.5 Å². The van der Waals surface area contributed by atoms with E-state index in [1.54, 1.807) is 29.5 Å². The number of nitrogens with two attached hydrogens (primary N) is 1. The van der Waals surface area contributed by atoms with E-state index in [0.29, 0.717) is 48.2 Å². The largest absolute Gasteiger partial charge is 0.465 e. The number of aromatic nitrogens is 3. The zero-order chi connectivity index (χ0) is 35.3. The number of fused-ring (bicyclic) bond motifs is 4. The summed E-state index contributed by atoms with van der Waals surface area (Å²) in [6, 6.07) is 11.9. The van der Waals surface area contributed by atoms with Gasteiger partial charge in [-0.1, -0.05) is 35.6 Å². The van der Waals surface area contributed by atoms with Crippen LogP contribution in [0.4, 0.5) is 0 Å². The summed E-state index contributed by atoms with van der Waals surface area (Å²) in [4.78, 5) is 50.0. The predicted molar refractivity (Wildman–Crippen MR) is 191 cm³/mol. The lowest BCUT2D eigenvalue weighted by Crippen LogP contribution is -2.36. The number of methoxy groups -OCH3 is 1. The van der Waals surface area contributed by atoms with E-state index >= 15 is 0 Å². The van der Waals surface area contributed by atoms with Gasteiger partial charge >= 0.3 is 5.97 Å². The molecule has 0 spiro atoms. The summed E-state index contributed by atoms with van der Waals surface area (Å²) in [6.07, 6.45) is 0.142. The quantitative estimate of drug-likeness (QED) is 0.238. The molecular formula is C37H36ClN7O4S. The van der Waals surface area contributed by atoms with Gasteiger partial charge in [0.25, 0.3) is 5.91 Å². The number of carbonyl (C=O) groups is 3. The zero-order valence-corrected chi connectivity index (χ0v) is 29.8. The first-order chi connectivity index (χ1) is 24.1. The van der Waals surface area contributed by atoms with Crippen LogP contribution >= 0.6 is 22.9 Å². The summed E-state index contributed by atoms with van der Waals surface area (Å²) in [5.74, 6) is 6.66. The molecule has 256 valence electrons. The summed E-state index contributed by atoms with van der Waals surface area (Å²) >= 11 is 7.93.